The Labute approximate surface area is 303 Å². The monoisotopic (exact) mass is 679 g/mol. The molecule has 0 saturated heterocycles. The maximum Gasteiger partial charge on any atom is 0.0973 e. The maximum atomic E-state index is 5.10. The summed E-state index contributed by atoms with van der Waals surface area (Å²) in [5, 5.41) is 7.87. The minimum atomic E-state index is 0.887. The van der Waals surface area contributed by atoms with Gasteiger partial charge in [-0.25, -0.2) is 9.97 Å². The van der Waals surface area contributed by atoms with Crippen molar-refractivity contribution >= 4 is 75.1 Å². The lowest BCUT2D eigenvalue weighted by molar-refractivity contribution is 1.19. The third-order valence-electron chi connectivity index (χ3n) is 10.4. The second-order valence-corrected chi connectivity index (χ2v) is 14.4. The number of nitrogens with zero attached hydrogens (tertiary/aromatic N) is 3. The SMILES string of the molecule is c1ccc(-c2nc3ccccc3nc2-c2ccc(-c3ccc(-n4c5ccccc5c5c6ccccc6c6c7ccccc7sc6c54)cc3)cc2)cc1. The molecule has 0 aliphatic carbocycles. The molecule has 0 unspecified atom stereocenters. The van der Waals surface area contributed by atoms with E-state index in [1.807, 2.05) is 41.7 Å². The van der Waals surface area contributed by atoms with Crippen LogP contribution in [0.2, 0.25) is 0 Å². The van der Waals surface area contributed by atoms with E-state index in [2.05, 4.69) is 150 Å². The topological polar surface area (TPSA) is 30.7 Å². The van der Waals surface area contributed by atoms with E-state index in [1.165, 1.54) is 58.3 Å². The number of fused-ring (bicyclic) bond motifs is 11. The molecule has 3 heterocycles. The van der Waals surface area contributed by atoms with Crippen molar-refractivity contribution in [1.29, 1.82) is 0 Å². The zero-order valence-corrected chi connectivity index (χ0v) is 28.8. The van der Waals surface area contributed by atoms with Gasteiger partial charge in [-0.3, -0.25) is 0 Å². The van der Waals surface area contributed by atoms with E-state index in [0.29, 0.717) is 0 Å². The first-order chi connectivity index (χ1) is 25.8. The van der Waals surface area contributed by atoms with Crippen molar-refractivity contribution in [2.75, 3.05) is 0 Å². The van der Waals surface area contributed by atoms with Crippen LogP contribution in [-0.4, -0.2) is 14.5 Å². The van der Waals surface area contributed by atoms with Crippen LogP contribution >= 0.6 is 11.3 Å². The van der Waals surface area contributed by atoms with Crippen LogP contribution in [0.15, 0.2) is 176 Å². The minimum absolute atomic E-state index is 0.887. The van der Waals surface area contributed by atoms with Gasteiger partial charge in [-0.2, -0.15) is 0 Å². The van der Waals surface area contributed by atoms with Gasteiger partial charge >= 0.3 is 0 Å². The van der Waals surface area contributed by atoms with Crippen LogP contribution in [0.4, 0.5) is 0 Å². The van der Waals surface area contributed by atoms with Crippen molar-refractivity contribution in [2.24, 2.45) is 0 Å². The van der Waals surface area contributed by atoms with E-state index in [1.54, 1.807) is 0 Å². The van der Waals surface area contributed by atoms with E-state index < -0.39 is 0 Å². The smallest absolute Gasteiger partial charge is 0.0973 e. The van der Waals surface area contributed by atoms with Crippen LogP contribution in [0.3, 0.4) is 0 Å². The molecule has 0 aliphatic heterocycles. The molecule has 4 heteroatoms. The minimum Gasteiger partial charge on any atom is -0.308 e. The molecule has 0 saturated carbocycles. The van der Waals surface area contributed by atoms with E-state index in [0.717, 1.165) is 44.8 Å². The average molecular weight is 680 g/mol. The maximum absolute atomic E-state index is 5.10. The first-order valence-corrected chi connectivity index (χ1v) is 18.4. The van der Waals surface area contributed by atoms with Gasteiger partial charge in [0.25, 0.3) is 0 Å². The third kappa shape index (κ3) is 4.38. The van der Waals surface area contributed by atoms with E-state index in [9.17, 15) is 0 Å². The highest BCUT2D eigenvalue weighted by atomic mass is 32.1. The summed E-state index contributed by atoms with van der Waals surface area (Å²) in [6, 6.07) is 62.8. The van der Waals surface area contributed by atoms with Crippen molar-refractivity contribution in [2.45, 2.75) is 0 Å². The largest absolute Gasteiger partial charge is 0.308 e. The lowest BCUT2D eigenvalue weighted by Gasteiger charge is -2.12. The van der Waals surface area contributed by atoms with Gasteiger partial charge in [-0.15, -0.1) is 11.3 Å². The highest BCUT2D eigenvalue weighted by Crippen LogP contribution is 2.47. The first kappa shape index (κ1) is 29.1. The molecule has 0 aliphatic rings. The Bertz CT molecular complexity index is 3160. The van der Waals surface area contributed by atoms with Crippen molar-refractivity contribution < 1.29 is 0 Å². The molecule has 0 radical (unpaired) electrons. The average Bonchev–Trinajstić information content (AvgIpc) is 3.78. The standard InChI is InChI=1S/C48H29N3S/c1-2-12-32(13-3-1)45-46(50-40-19-9-8-18-39(40)49-45)33-24-22-30(23-25-33)31-26-28-34(29-27-31)51-41-20-10-6-16-37(41)43-35-14-4-5-15-36(35)44-38-17-7-11-21-42(38)52-48(44)47(43)51/h1-29H. The van der Waals surface area contributed by atoms with Gasteiger partial charge in [0.2, 0.25) is 0 Å². The van der Waals surface area contributed by atoms with Gasteiger partial charge in [-0.1, -0.05) is 140 Å². The van der Waals surface area contributed by atoms with Gasteiger partial charge in [0.05, 0.1) is 38.2 Å². The number of para-hydroxylation sites is 3. The Hall–Kier alpha value is -6.62. The second-order valence-electron chi connectivity index (χ2n) is 13.3. The number of rotatable bonds is 4. The quantitative estimate of drug-likeness (QED) is 0.185. The van der Waals surface area contributed by atoms with Gasteiger partial charge in [0, 0.05) is 43.1 Å². The van der Waals surface area contributed by atoms with Crippen molar-refractivity contribution in [3.63, 3.8) is 0 Å². The van der Waals surface area contributed by atoms with Crippen LogP contribution < -0.4 is 0 Å². The lowest BCUT2D eigenvalue weighted by atomic mass is 9.99. The number of aromatic nitrogens is 3. The van der Waals surface area contributed by atoms with Gasteiger partial charge in [0.15, 0.2) is 0 Å². The molecule has 242 valence electrons. The summed E-state index contributed by atoms with van der Waals surface area (Å²) in [4.78, 5) is 10.2. The summed E-state index contributed by atoms with van der Waals surface area (Å²) >= 11 is 1.90. The molecule has 0 amide bonds. The Morgan fingerprint density at radius 3 is 1.58 bits per heavy atom. The van der Waals surface area contributed by atoms with Crippen LogP contribution in [-0.2, 0) is 0 Å². The summed E-state index contributed by atoms with van der Waals surface area (Å²) < 4.78 is 5.12. The molecule has 52 heavy (non-hydrogen) atoms. The number of benzene rings is 8. The molecule has 11 aromatic rings. The zero-order chi connectivity index (χ0) is 34.2. The highest BCUT2D eigenvalue weighted by molar-refractivity contribution is 7.27. The second kappa shape index (κ2) is 11.5. The predicted octanol–water partition coefficient (Wildman–Crippen LogP) is 13.2. The molecule has 0 bridgehead atoms. The molecular formula is C48H29N3S. The lowest BCUT2D eigenvalue weighted by Crippen LogP contribution is -1.95. The molecule has 0 fully saturated rings. The summed E-state index contributed by atoms with van der Waals surface area (Å²) in [7, 11) is 0. The Kier molecular flexibility index (Phi) is 6.42. The first-order valence-electron chi connectivity index (χ1n) is 17.6. The van der Waals surface area contributed by atoms with E-state index in [-0.39, 0.29) is 0 Å². The fraction of sp³-hybridized carbons (Fsp3) is 0. The van der Waals surface area contributed by atoms with Crippen LogP contribution in [0, 0.1) is 0 Å². The number of thiophene rings is 1. The molecule has 0 N–H and O–H groups in total. The predicted molar refractivity (Wildman–Crippen MR) is 221 cm³/mol. The third-order valence-corrected chi connectivity index (χ3v) is 11.6. The summed E-state index contributed by atoms with van der Waals surface area (Å²) in [5.74, 6) is 0. The van der Waals surface area contributed by atoms with Crippen molar-refractivity contribution in [3.05, 3.63) is 176 Å². The number of hydrogen-bond donors (Lipinski definition) is 0. The molecule has 3 nitrogen and oxygen atoms in total. The highest BCUT2D eigenvalue weighted by Gasteiger charge is 2.21. The molecular weight excluding hydrogens is 651 g/mol. The van der Waals surface area contributed by atoms with E-state index in [4.69, 9.17) is 9.97 Å². The molecule has 8 aromatic carbocycles. The Balaban J connectivity index is 1.05. The molecule has 3 aromatic heterocycles. The normalized spacial score (nSPS) is 11.8. The molecule has 0 atom stereocenters. The fourth-order valence-electron chi connectivity index (χ4n) is 8.02. The van der Waals surface area contributed by atoms with Crippen LogP contribution in [0.1, 0.15) is 0 Å². The molecule has 11 rings (SSSR count). The summed E-state index contributed by atoms with van der Waals surface area (Å²) in [6.07, 6.45) is 0. The fourth-order valence-corrected chi connectivity index (χ4v) is 9.28. The van der Waals surface area contributed by atoms with Crippen LogP contribution in [0.25, 0.3) is 103 Å². The van der Waals surface area contributed by atoms with E-state index >= 15 is 0 Å². The zero-order valence-electron chi connectivity index (χ0n) is 28.0. The Morgan fingerprint density at radius 1 is 0.385 bits per heavy atom. The molecule has 0 spiro atoms. The Morgan fingerprint density at radius 2 is 0.885 bits per heavy atom. The van der Waals surface area contributed by atoms with Gasteiger partial charge < -0.3 is 4.57 Å². The number of hydrogen-bond acceptors (Lipinski definition) is 3. The van der Waals surface area contributed by atoms with Gasteiger partial charge in [-0.05, 0) is 58.3 Å². The summed E-state index contributed by atoms with van der Waals surface area (Å²) in [6.45, 7) is 0. The van der Waals surface area contributed by atoms with Crippen molar-refractivity contribution in [1.82, 2.24) is 14.5 Å². The van der Waals surface area contributed by atoms with Gasteiger partial charge in [0.1, 0.15) is 0 Å². The van der Waals surface area contributed by atoms with Crippen molar-refractivity contribution in [3.8, 4) is 39.3 Å². The summed E-state index contributed by atoms with van der Waals surface area (Å²) in [5.41, 5.74) is 11.6. The van der Waals surface area contributed by atoms with Crippen LogP contribution in [0.5, 0.6) is 0 Å².